The molecule has 0 aromatic heterocycles. The molecule has 6 nitrogen and oxygen atoms in total. The normalized spacial score (nSPS) is 22.9. The van der Waals surface area contributed by atoms with Gasteiger partial charge in [0.1, 0.15) is 12.4 Å². The van der Waals surface area contributed by atoms with E-state index in [4.69, 9.17) is 9.47 Å². The van der Waals surface area contributed by atoms with Gasteiger partial charge in [0, 0.05) is 23.4 Å². The van der Waals surface area contributed by atoms with Crippen LogP contribution in [0.1, 0.15) is 36.8 Å². The second-order valence-corrected chi connectivity index (χ2v) is 9.72. The minimum Gasteiger partial charge on any atom is -0.454 e. The van der Waals surface area contributed by atoms with Crippen molar-refractivity contribution in [3.63, 3.8) is 0 Å². The maximum atomic E-state index is 14.2. The molecule has 0 spiro atoms. The molecule has 2 heterocycles. The zero-order valence-corrected chi connectivity index (χ0v) is 18.9. The van der Waals surface area contributed by atoms with Gasteiger partial charge in [-0.2, -0.15) is 0 Å². The molecule has 2 aliphatic heterocycles. The Hall–Kier alpha value is -3.00. The van der Waals surface area contributed by atoms with Gasteiger partial charge in [-0.3, -0.25) is 9.59 Å². The highest BCUT2D eigenvalue weighted by molar-refractivity contribution is 8.04. The topological polar surface area (TPSA) is 67.9 Å². The average molecular weight is 469 g/mol. The van der Waals surface area contributed by atoms with E-state index in [2.05, 4.69) is 5.32 Å². The van der Waals surface area contributed by atoms with Crippen LogP contribution in [0.15, 0.2) is 47.4 Å². The van der Waals surface area contributed by atoms with Crippen LogP contribution in [0.5, 0.6) is 11.5 Å². The predicted molar refractivity (Wildman–Crippen MR) is 124 cm³/mol. The Morgan fingerprint density at radius 2 is 1.97 bits per heavy atom. The predicted octanol–water partition coefficient (Wildman–Crippen LogP) is 4.10. The third-order valence-electron chi connectivity index (χ3n) is 6.25. The molecule has 1 N–H and O–H groups in total. The van der Waals surface area contributed by atoms with E-state index in [1.54, 1.807) is 29.2 Å². The van der Waals surface area contributed by atoms with Gasteiger partial charge in [0.2, 0.25) is 12.7 Å². The van der Waals surface area contributed by atoms with Crippen molar-refractivity contribution in [2.45, 2.75) is 43.5 Å². The molecule has 0 bridgehead atoms. The summed E-state index contributed by atoms with van der Waals surface area (Å²) in [6.07, 6.45) is 5.61. The van der Waals surface area contributed by atoms with E-state index >= 15 is 0 Å². The summed E-state index contributed by atoms with van der Waals surface area (Å²) in [7, 11) is 0. The first-order chi connectivity index (χ1) is 16.1. The number of hydrogen-bond donors (Lipinski definition) is 1. The lowest BCUT2D eigenvalue weighted by Crippen LogP contribution is -2.54. The van der Waals surface area contributed by atoms with E-state index in [0.717, 1.165) is 31.2 Å². The molecule has 2 fully saturated rings. The second-order valence-electron chi connectivity index (χ2n) is 8.44. The highest BCUT2D eigenvalue weighted by Gasteiger charge is 2.41. The molecule has 1 saturated carbocycles. The maximum Gasteiger partial charge on any atom is 0.261 e. The third-order valence-corrected chi connectivity index (χ3v) is 7.65. The Morgan fingerprint density at radius 1 is 1.15 bits per heavy atom. The fourth-order valence-corrected chi connectivity index (χ4v) is 6.02. The van der Waals surface area contributed by atoms with E-state index in [0.29, 0.717) is 28.5 Å². The van der Waals surface area contributed by atoms with E-state index in [1.807, 2.05) is 18.2 Å². The van der Waals surface area contributed by atoms with Gasteiger partial charge in [0.25, 0.3) is 5.91 Å². The summed E-state index contributed by atoms with van der Waals surface area (Å²) < 4.78 is 24.9. The number of fused-ring (bicyclic) bond motifs is 2. The van der Waals surface area contributed by atoms with Crippen LogP contribution in [-0.2, 0) is 16.1 Å². The quantitative estimate of drug-likeness (QED) is 0.670. The molecule has 5 rings (SSSR count). The molecule has 2 atom stereocenters. The van der Waals surface area contributed by atoms with Gasteiger partial charge in [-0.1, -0.05) is 37.1 Å². The maximum absolute atomic E-state index is 14.2. The second kappa shape index (κ2) is 9.47. The highest BCUT2D eigenvalue weighted by atomic mass is 32.2. The van der Waals surface area contributed by atoms with Crippen molar-refractivity contribution in [3.8, 4) is 11.5 Å². The van der Waals surface area contributed by atoms with Crippen LogP contribution < -0.4 is 14.8 Å². The van der Waals surface area contributed by atoms with Crippen molar-refractivity contribution in [1.29, 1.82) is 0 Å². The molecule has 3 aliphatic rings. The number of hydrogen-bond acceptors (Lipinski definition) is 5. The number of benzene rings is 2. The summed E-state index contributed by atoms with van der Waals surface area (Å²) in [6.45, 7) is 0.517. The molecule has 33 heavy (non-hydrogen) atoms. The number of rotatable bonds is 5. The summed E-state index contributed by atoms with van der Waals surface area (Å²) in [5.41, 5.74) is 1.28. The average Bonchev–Trinajstić information content (AvgIpc) is 3.30. The zero-order chi connectivity index (χ0) is 22.8. The van der Waals surface area contributed by atoms with Crippen LogP contribution in [0.4, 0.5) is 4.39 Å². The number of thioether (sulfide) groups is 1. The summed E-state index contributed by atoms with van der Waals surface area (Å²) in [6, 6.07) is 12.0. The van der Waals surface area contributed by atoms with Gasteiger partial charge in [-0.05, 0) is 42.7 Å². The van der Waals surface area contributed by atoms with E-state index < -0.39 is 0 Å². The smallest absolute Gasteiger partial charge is 0.261 e. The molecule has 8 heteroatoms. The van der Waals surface area contributed by atoms with Crippen LogP contribution in [0.25, 0.3) is 6.08 Å². The number of carbonyl (C=O) groups excluding carboxylic acids is 2. The van der Waals surface area contributed by atoms with Gasteiger partial charge >= 0.3 is 0 Å². The molecular formula is C25H25FN2O4S. The van der Waals surface area contributed by atoms with Crippen LogP contribution in [0.2, 0.25) is 0 Å². The summed E-state index contributed by atoms with van der Waals surface area (Å²) >= 11 is 1.53. The van der Waals surface area contributed by atoms with Crippen molar-refractivity contribution < 1.29 is 23.5 Å². The largest absolute Gasteiger partial charge is 0.454 e. The number of nitrogens with one attached hydrogen (secondary N) is 1. The van der Waals surface area contributed by atoms with Crippen molar-refractivity contribution in [2.75, 3.05) is 13.3 Å². The van der Waals surface area contributed by atoms with Crippen molar-refractivity contribution in [2.24, 2.45) is 0 Å². The molecule has 0 radical (unpaired) electrons. The molecule has 2 unspecified atom stereocenters. The molecular weight excluding hydrogens is 443 g/mol. The molecule has 2 amide bonds. The van der Waals surface area contributed by atoms with Crippen LogP contribution in [-0.4, -0.2) is 41.3 Å². The molecule has 1 saturated heterocycles. The number of halogens is 1. The number of carbonyl (C=O) groups is 2. The fourth-order valence-electron chi connectivity index (χ4n) is 4.56. The van der Waals surface area contributed by atoms with E-state index in [1.165, 1.54) is 17.8 Å². The molecule has 1 aliphatic carbocycles. The summed E-state index contributed by atoms with van der Waals surface area (Å²) in [4.78, 5) is 28.3. The Kier molecular flexibility index (Phi) is 6.26. The van der Waals surface area contributed by atoms with Crippen LogP contribution in [0, 0.1) is 5.82 Å². The van der Waals surface area contributed by atoms with Gasteiger partial charge in [-0.15, -0.1) is 11.8 Å². The Labute approximate surface area is 196 Å². The van der Waals surface area contributed by atoms with Crippen molar-refractivity contribution in [3.05, 3.63) is 64.3 Å². The lowest BCUT2D eigenvalue weighted by atomic mass is 9.93. The Morgan fingerprint density at radius 3 is 2.85 bits per heavy atom. The highest BCUT2D eigenvalue weighted by Crippen LogP contribution is 2.42. The lowest BCUT2D eigenvalue weighted by molar-refractivity contribution is -0.135. The van der Waals surface area contributed by atoms with Gasteiger partial charge in [0.05, 0.1) is 4.91 Å². The Bertz CT molecular complexity index is 1110. The van der Waals surface area contributed by atoms with E-state index in [-0.39, 0.29) is 42.3 Å². The van der Waals surface area contributed by atoms with Gasteiger partial charge in [0.15, 0.2) is 11.5 Å². The van der Waals surface area contributed by atoms with Gasteiger partial charge < -0.3 is 19.7 Å². The first-order valence-corrected chi connectivity index (χ1v) is 12.1. The fraction of sp³-hybridized carbons (Fsp3) is 0.360. The lowest BCUT2D eigenvalue weighted by Gasteiger charge is -2.43. The molecule has 2 aromatic carbocycles. The van der Waals surface area contributed by atoms with Crippen LogP contribution in [0.3, 0.4) is 0 Å². The SMILES string of the molecule is O=C(CN1C(=O)/C(=C/c2ccccc2F)SC2CCCCC21)NCc1ccc2c(c1)OCO2. The zero-order valence-electron chi connectivity index (χ0n) is 18.1. The minimum absolute atomic E-state index is 0.0142. The van der Waals surface area contributed by atoms with Crippen molar-refractivity contribution in [1.82, 2.24) is 10.2 Å². The molecule has 172 valence electrons. The number of ether oxygens (including phenoxy) is 2. The third kappa shape index (κ3) is 4.71. The summed E-state index contributed by atoms with van der Waals surface area (Å²) in [5.74, 6) is 0.571. The number of nitrogens with zero attached hydrogens (tertiary/aromatic N) is 1. The minimum atomic E-state index is -0.364. The monoisotopic (exact) mass is 468 g/mol. The van der Waals surface area contributed by atoms with Crippen molar-refractivity contribution >= 4 is 29.7 Å². The Balaban J connectivity index is 1.30. The standard InChI is InChI=1S/C25H25FN2O4S/c26-18-6-2-1-5-17(18)12-23-25(30)28(19-7-3-4-8-22(19)33-23)14-24(29)27-13-16-9-10-20-21(11-16)32-15-31-20/h1-2,5-6,9-12,19,22H,3-4,7-8,13-15H2,(H,27,29)/b23-12-. The van der Waals surface area contributed by atoms with E-state index in [9.17, 15) is 14.0 Å². The number of amides is 2. The first kappa shape index (κ1) is 21.8. The summed E-state index contributed by atoms with van der Waals surface area (Å²) in [5, 5.41) is 3.13. The van der Waals surface area contributed by atoms with Gasteiger partial charge in [-0.25, -0.2) is 4.39 Å². The molecule has 2 aromatic rings. The first-order valence-electron chi connectivity index (χ1n) is 11.2. The van der Waals surface area contributed by atoms with Crippen LogP contribution >= 0.6 is 11.8 Å².